The first kappa shape index (κ1) is 22.1. The number of halogens is 5. The highest BCUT2D eigenvalue weighted by Crippen LogP contribution is 2.35. The minimum absolute atomic E-state index is 0.246. The molecule has 9 heteroatoms. The van der Waals surface area contributed by atoms with E-state index in [1.807, 2.05) is 16.8 Å². The second-order valence-electron chi connectivity index (χ2n) is 5.83. The molecule has 0 fully saturated rings. The van der Waals surface area contributed by atoms with Crippen molar-refractivity contribution in [2.24, 2.45) is 0 Å². The maximum absolute atomic E-state index is 6.39. The molecule has 1 atom stereocenters. The molecule has 0 radical (unpaired) electrons. The van der Waals surface area contributed by atoms with E-state index in [1.165, 1.54) is 0 Å². The number of aromatic nitrogens is 2. The molecule has 1 aromatic heterocycles. The van der Waals surface area contributed by atoms with E-state index in [1.54, 1.807) is 48.6 Å². The van der Waals surface area contributed by atoms with Gasteiger partial charge in [0.2, 0.25) is 0 Å². The van der Waals surface area contributed by atoms with Crippen LogP contribution in [-0.4, -0.2) is 21.9 Å². The molecule has 0 saturated carbocycles. The van der Waals surface area contributed by atoms with Crippen LogP contribution in [0.1, 0.15) is 11.7 Å². The first-order valence-electron chi connectivity index (χ1n) is 8.23. The molecular weight excluding hydrogens is 482 g/mol. The summed E-state index contributed by atoms with van der Waals surface area (Å²) in [5.74, 6) is 0.684. The van der Waals surface area contributed by atoms with Crippen molar-refractivity contribution >= 4 is 69.8 Å². The summed E-state index contributed by atoms with van der Waals surface area (Å²) >= 11 is 32.2. The van der Waals surface area contributed by atoms with Gasteiger partial charge in [-0.3, -0.25) is 0 Å². The van der Waals surface area contributed by atoms with Gasteiger partial charge >= 0.3 is 0 Å². The normalized spacial score (nSPS) is 12.3. The molecule has 0 spiro atoms. The van der Waals surface area contributed by atoms with Crippen molar-refractivity contribution < 1.29 is 4.74 Å². The first-order valence-corrected chi connectivity index (χ1v) is 11.1. The lowest BCUT2D eigenvalue weighted by Crippen LogP contribution is -2.14. The first-order chi connectivity index (χ1) is 13.4. The van der Waals surface area contributed by atoms with E-state index >= 15 is 0 Å². The van der Waals surface area contributed by atoms with Crippen LogP contribution in [0.4, 0.5) is 0 Å². The van der Waals surface area contributed by atoms with E-state index in [9.17, 15) is 0 Å². The lowest BCUT2D eigenvalue weighted by atomic mass is 10.1. The van der Waals surface area contributed by atoms with Gasteiger partial charge in [-0.15, -0.1) is 11.8 Å². The lowest BCUT2D eigenvalue weighted by molar-refractivity contribution is 0.0516. The van der Waals surface area contributed by atoms with Gasteiger partial charge in [0.15, 0.2) is 0 Å². The molecule has 3 rings (SSSR count). The van der Waals surface area contributed by atoms with Crippen LogP contribution in [0.3, 0.4) is 0 Å². The maximum Gasteiger partial charge on any atom is 0.102 e. The van der Waals surface area contributed by atoms with E-state index in [2.05, 4.69) is 4.98 Å². The summed E-state index contributed by atoms with van der Waals surface area (Å²) in [4.78, 5) is 4.93. The van der Waals surface area contributed by atoms with E-state index in [4.69, 9.17) is 62.7 Å². The van der Waals surface area contributed by atoms with Crippen LogP contribution in [0.5, 0.6) is 0 Å². The summed E-state index contributed by atoms with van der Waals surface area (Å²) in [6.07, 6.45) is 5.10. The van der Waals surface area contributed by atoms with Crippen molar-refractivity contribution in [1.29, 1.82) is 0 Å². The number of nitrogens with zero attached hydrogens (tertiary/aromatic N) is 2. The quantitative estimate of drug-likeness (QED) is 0.182. The van der Waals surface area contributed by atoms with E-state index in [0.717, 1.165) is 10.5 Å². The Morgan fingerprint density at radius 2 is 1.75 bits per heavy atom. The monoisotopic (exact) mass is 494 g/mol. The highest BCUT2D eigenvalue weighted by Gasteiger charge is 2.17. The van der Waals surface area contributed by atoms with E-state index in [-0.39, 0.29) is 6.10 Å². The Labute approximate surface area is 192 Å². The van der Waals surface area contributed by atoms with Gasteiger partial charge in [0.05, 0.1) is 34.5 Å². The zero-order valence-corrected chi connectivity index (χ0v) is 19.0. The Balaban J connectivity index is 1.65. The van der Waals surface area contributed by atoms with Gasteiger partial charge < -0.3 is 9.30 Å². The molecule has 0 N–H and O–H groups in total. The SMILES string of the molecule is Clc1ccc(C(Cn2ccnc2)OCCSc2cc(Cl)c(Cl)cc2Cl)c(Cl)c1. The Kier molecular flexibility index (Phi) is 8.24. The topological polar surface area (TPSA) is 27.1 Å². The number of thioether (sulfide) groups is 1. The fraction of sp³-hybridized carbons (Fsp3) is 0.211. The predicted molar refractivity (Wildman–Crippen MR) is 120 cm³/mol. The fourth-order valence-corrected chi connectivity index (χ4v) is 4.65. The summed E-state index contributed by atoms with van der Waals surface area (Å²) < 4.78 is 8.08. The summed E-state index contributed by atoms with van der Waals surface area (Å²) in [6, 6.07) is 8.80. The molecule has 0 amide bonds. The molecule has 3 nitrogen and oxygen atoms in total. The van der Waals surface area contributed by atoms with Crippen LogP contribution in [0.25, 0.3) is 0 Å². The van der Waals surface area contributed by atoms with Crippen LogP contribution in [0.15, 0.2) is 53.9 Å². The number of ether oxygens (including phenoxy) is 1. The van der Waals surface area contributed by atoms with Crippen molar-refractivity contribution in [2.75, 3.05) is 12.4 Å². The third kappa shape index (κ3) is 5.96. The van der Waals surface area contributed by atoms with Crippen LogP contribution < -0.4 is 0 Å². The third-order valence-electron chi connectivity index (χ3n) is 3.88. The standard InChI is InChI=1S/C19H15Cl5N2OS/c20-12-1-2-13(14(21)7-12)18(10-26-4-3-25-11-26)27-5-6-28-19-9-16(23)15(22)8-17(19)24/h1-4,7-9,11,18H,5-6,10H2. The smallest absolute Gasteiger partial charge is 0.102 e. The number of hydrogen-bond acceptors (Lipinski definition) is 3. The van der Waals surface area contributed by atoms with Crippen LogP contribution in [-0.2, 0) is 11.3 Å². The fourth-order valence-electron chi connectivity index (χ4n) is 2.55. The molecule has 3 aromatic rings. The largest absolute Gasteiger partial charge is 0.371 e. The molecular formula is C19H15Cl5N2OS. The van der Waals surface area contributed by atoms with Gasteiger partial charge in [-0.1, -0.05) is 64.1 Å². The summed E-state index contributed by atoms with van der Waals surface area (Å²) in [5.41, 5.74) is 0.873. The van der Waals surface area contributed by atoms with Crippen molar-refractivity contribution in [2.45, 2.75) is 17.5 Å². The van der Waals surface area contributed by atoms with Crippen LogP contribution in [0, 0.1) is 0 Å². The second kappa shape index (κ2) is 10.4. The lowest BCUT2D eigenvalue weighted by Gasteiger charge is -2.20. The van der Waals surface area contributed by atoms with Gasteiger partial charge in [-0.2, -0.15) is 0 Å². The van der Waals surface area contributed by atoms with Crippen molar-refractivity contribution in [3.63, 3.8) is 0 Å². The van der Waals surface area contributed by atoms with Crippen molar-refractivity contribution in [3.05, 3.63) is 79.7 Å². The van der Waals surface area contributed by atoms with Crippen LogP contribution >= 0.6 is 69.8 Å². The zero-order chi connectivity index (χ0) is 20.1. The molecule has 1 heterocycles. The number of hydrogen-bond donors (Lipinski definition) is 0. The summed E-state index contributed by atoms with van der Waals surface area (Å²) in [7, 11) is 0. The highest BCUT2D eigenvalue weighted by atomic mass is 35.5. The average Bonchev–Trinajstić information content (AvgIpc) is 3.15. The Morgan fingerprint density at radius 3 is 2.46 bits per heavy atom. The highest BCUT2D eigenvalue weighted by molar-refractivity contribution is 7.99. The predicted octanol–water partition coefficient (Wildman–Crippen LogP) is 7.70. The number of imidazole rings is 1. The molecule has 1 unspecified atom stereocenters. The molecule has 2 aromatic carbocycles. The summed E-state index contributed by atoms with van der Waals surface area (Å²) in [6.45, 7) is 1.07. The molecule has 28 heavy (non-hydrogen) atoms. The second-order valence-corrected chi connectivity index (χ2v) is 9.03. The number of benzene rings is 2. The van der Waals surface area contributed by atoms with Gasteiger partial charge in [0, 0.05) is 38.7 Å². The molecule has 0 saturated heterocycles. The maximum atomic E-state index is 6.39. The Hall–Kier alpha value is -0.590. The average molecular weight is 497 g/mol. The molecule has 0 aliphatic carbocycles. The minimum Gasteiger partial charge on any atom is -0.371 e. The Morgan fingerprint density at radius 1 is 0.964 bits per heavy atom. The van der Waals surface area contributed by atoms with Gasteiger partial charge in [-0.25, -0.2) is 4.98 Å². The minimum atomic E-state index is -0.246. The summed E-state index contributed by atoms with van der Waals surface area (Å²) in [5, 5.41) is 2.62. The van der Waals surface area contributed by atoms with Gasteiger partial charge in [0.1, 0.15) is 6.10 Å². The molecule has 0 bridgehead atoms. The Bertz CT molecular complexity index is 936. The third-order valence-corrected chi connectivity index (χ3v) is 6.61. The van der Waals surface area contributed by atoms with Gasteiger partial charge in [-0.05, 0) is 24.3 Å². The van der Waals surface area contributed by atoms with E-state index < -0.39 is 0 Å². The molecule has 0 aliphatic heterocycles. The van der Waals surface area contributed by atoms with Crippen molar-refractivity contribution in [1.82, 2.24) is 9.55 Å². The van der Waals surface area contributed by atoms with Crippen LogP contribution in [0.2, 0.25) is 25.1 Å². The molecule has 0 aliphatic rings. The van der Waals surface area contributed by atoms with Gasteiger partial charge in [0.25, 0.3) is 0 Å². The van der Waals surface area contributed by atoms with Crippen molar-refractivity contribution in [3.8, 4) is 0 Å². The molecule has 148 valence electrons. The van der Waals surface area contributed by atoms with E-state index in [0.29, 0.717) is 44.0 Å². The zero-order valence-electron chi connectivity index (χ0n) is 14.4. The number of rotatable bonds is 8.